The minimum Gasteiger partial charge on any atom is -0.349 e. The molecule has 2 aromatic carbocycles. The van der Waals surface area contributed by atoms with Gasteiger partial charge in [-0.3, -0.25) is 4.79 Å². The second kappa shape index (κ2) is 6.93. The van der Waals surface area contributed by atoms with Crippen LogP contribution in [0, 0.1) is 0 Å². The molecule has 0 saturated heterocycles. The zero-order valence-corrected chi connectivity index (χ0v) is 14.0. The fraction of sp³-hybridized carbons (Fsp3) is 0.238. The highest BCUT2D eigenvalue weighted by atomic mass is 16.1. The molecule has 0 bridgehead atoms. The Labute approximate surface area is 147 Å². The molecule has 126 valence electrons. The van der Waals surface area contributed by atoms with E-state index >= 15 is 0 Å². The minimum absolute atomic E-state index is 0.0490. The van der Waals surface area contributed by atoms with Gasteiger partial charge in [0, 0.05) is 24.7 Å². The van der Waals surface area contributed by atoms with Crippen molar-refractivity contribution in [2.45, 2.75) is 31.7 Å². The van der Waals surface area contributed by atoms with Crippen LogP contribution in [-0.4, -0.2) is 15.9 Å². The Hall–Kier alpha value is -2.88. The number of aromatic nitrogens is 2. The third kappa shape index (κ3) is 3.33. The lowest BCUT2D eigenvalue weighted by Crippen LogP contribution is -2.25. The van der Waals surface area contributed by atoms with E-state index in [1.165, 1.54) is 22.3 Å². The molecule has 0 saturated carbocycles. The van der Waals surface area contributed by atoms with Crippen molar-refractivity contribution in [1.29, 1.82) is 0 Å². The minimum atomic E-state index is 0.0490. The summed E-state index contributed by atoms with van der Waals surface area (Å²) in [5.74, 6) is 0.925. The van der Waals surface area contributed by atoms with Crippen LogP contribution in [0.3, 0.4) is 0 Å². The number of fused-ring (bicyclic) bond motifs is 2. The van der Waals surface area contributed by atoms with Crippen LogP contribution in [0.2, 0.25) is 0 Å². The molecule has 0 radical (unpaired) electrons. The van der Waals surface area contributed by atoms with E-state index in [4.69, 9.17) is 0 Å². The van der Waals surface area contributed by atoms with E-state index in [-0.39, 0.29) is 11.8 Å². The van der Waals surface area contributed by atoms with Crippen LogP contribution in [0.5, 0.6) is 0 Å². The monoisotopic (exact) mass is 331 g/mol. The molecular formula is C21H21N3O. The van der Waals surface area contributed by atoms with E-state index in [1.807, 2.05) is 0 Å². The van der Waals surface area contributed by atoms with Crippen molar-refractivity contribution < 1.29 is 4.79 Å². The molecule has 3 aromatic rings. The summed E-state index contributed by atoms with van der Waals surface area (Å²) in [4.78, 5) is 19.7. The maximum Gasteiger partial charge on any atom is 0.221 e. The number of aryl methyl sites for hydroxylation is 2. The van der Waals surface area contributed by atoms with Crippen LogP contribution in [0.25, 0.3) is 0 Å². The van der Waals surface area contributed by atoms with E-state index in [0.29, 0.717) is 13.0 Å². The van der Waals surface area contributed by atoms with E-state index in [2.05, 4.69) is 63.8 Å². The van der Waals surface area contributed by atoms with Gasteiger partial charge in [-0.15, -0.1) is 0 Å². The molecule has 0 fully saturated rings. The van der Waals surface area contributed by atoms with Crippen molar-refractivity contribution in [3.63, 3.8) is 0 Å². The number of nitrogens with zero attached hydrogens (tertiary/aromatic N) is 1. The number of carbonyl (C=O) groups excluding carboxylic acids is 1. The van der Waals surface area contributed by atoms with E-state index in [1.54, 1.807) is 12.4 Å². The van der Waals surface area contributed by atoms with E-state index in [9.17, 15) is 4.79 Å². The first-order valence-corrected chi connectivity index (χ1v) is 8.72. The number of amides is 1. The van der Waals surface area contributed by atoms with Crippen LogP contribution in [0.15, 0.2) is 60.9 Å². The Kier molecular flexibility index (Phi) is 4.34. The number of benzene rings is 2. The standard InChI is InChI=1S/C21H21N3O/c25-21(24-14-20-22-11-12-23-20)13-19-17-7-3-1-5-15(17)9-10-16-6-2-4-8-18(16)19/h1-8,11-12,19H,9-10,13-14H2,(H,22,23)(H,24,25). The van der Waals surface area contributed by atoms with Crippen molar-refractivity contribution in [3.05, 3.63) is 89.0 Å². The van der Waals surface area contributed by atoms with Crippen LogP contribution < -0.4 is 5.32 Å². The summed E-state index contributed by atoms with van der Waals surface area (Å²) < 4.78 is 0. The zero-order chi connectivity index (χ0) is 17.1. The van der Waals surface area contributed by atoms with E-state index < -0.39 is 0 Å². The van der Waals surface area contributed by atoms with Crippen molar-refractivity contribution in [2.75, 3.05) is 0 Å². The summed E-state index contributed by atoms with van der Waals surface area (Å²) in [6.45, 7) is 0.432. The molecule has 1 aliphatic rings. The van der Waals surface area contributed by atoms with Crippen molar-refractivity contribution in [3.8, 4) is 0 Å². The highest BCUT2D eigenvalue weighted by Gasteiger charge is 2.25. The SMILES string of the molecule is O=C(CC1c2ccccc2CCc2ccccc21)NCc1ncc[nH]1. The highest BCUT2D eigenvalue weighted by molar-refractivity contribution is 5.77. The van der Waals surface area contributed by atoms with Gasteiger partial charge in [0.1, 0.15) is 5.82 Å². The quantitative estimate of drug-likeness (QED) is 0.770. The molecule has 4 nitrogen and oxygen atoms in total. The Balaban J connectivity index is 1.60. The number of carbonyl (C=O) groups is 1. The molecule has 0 aliphatic heterocycles. The van der Waals surface area contributed by atoms with Gasteiger partial charge in [-0.25, -0.2) is 4.98 Å². The Morgan fingerprint density at radius 1 is 1.04 bits per heavy atom. The van der Waals surface area contributed by atoms with E-state index in [0.717, 1.165) is 18.7 Å². The van der Waals surface area contributed by atoms with Gasteiger partial charge in [-0.2, -0.15) is 0 Å². The van der Waals surface area contributed by atoms with Crippen LogP contribution in [0.4, 0.5) is 0 Å². The number of H-pyrrole nitrogens is 1. The number of hydrogen-bond acceptors (Lipinski definition) is 2. The molecule has 1 heterocycles. The molecule has 0 atom stereocenters. The van der Waals surface area contributed by atoms with Gasteiger partial charge in [0.15, 0.2) is 0 Å². The highest BCUT2D eigenvalue weighted by Crippen LogP contribution is 2.36. The van der Waals surface area contributed by atoms with Crippen LogP contribution in [0.1, 0.15) is 40.4 Å². The van der Waals surface area contributed by atoms with Crippen LogP contribution in [-0.2, 0) is 24.2 Å². The molecule has 1 aromatic heterocycles. The van der Waals surface area contributed by atoms with Crippen molar-refractivity contribution in [2.24, 2.45) is 0 Å². The molecule has 2 N–H and O–H groups in total. The summed E-state index contributed by atoms with van der Waals surface area (Å²) in [6.07, 6.45) is 5.96. The summed E-state index contributed by atoms with van der Waals surface area (Å²) in [5, 5.41) is 2.98. The lowest BCUT2D eigenvalue weighted by Gasteiger charge is -2.20. The summed E-state index contributed by atoms with van der Waals surface area (Å²) in [7, 11) is 0. The Bertz CT molecular complexity index is 823. The predicted octanol–water partition coefficient (Wildman–Crippen LogP) is 3.35. The molecule has 1 aliphatic carbocycles. The van der Waals surface area contributed by atoms with Gasteiger partial charge < -0.3 is 10.3 Å². The molecule has 0 unspecified atom stereocenters. The number of nitrogens with one attached hydrogen (secondary N) is 2. The summed E-state index contributed by atoms with van der Waals surface area (Å²) in [5.41, 5.74) is 5.26. The van der Waals surface area contributed by atoms with Gasteiger partial charge in [0.05, 0.1) is 6.54 Å². The first kappa shape index (κ1) is 15.6. The topological polar surface area (TPSA) is 57.8 Å². The normalized spacial score (nSPS) is 13.6. The third-order valence-corrected chi connectivity index (χ3v) is 4.92. The molecule has 1 amide bonds. The molecule has 4 rings (SSSR count). The second-order valence-corrected chi connectivity index (χ2v) is 6.47. The molecular weight excluding hydrogens is 310 g/mol. The first-order valence-electron chi connectivity index (χ1n) is 8.72. The molecule has 4 heteroatoms. The second-order valence-electron chi connectivity index (χ2n) is 6.47. The van der Waals surface area contributed by atoms with Gasteiger partial charge in [0.25, 0.3) is 0 Å². The van der Waals surface area contributed by atoms with Gasteiger partial charge in [-0.1, -0.05) is 48.5 Å². The van der Waals surface area contributed by atoms with Gasteiger partial charge in [-0.05, 0) is 35.1 Å². The third-order valence-electron chi connectivity index (χ3n) is 4.92. The maximum absolute atomic E-state index is 12.6. The van der Waals surface area contributed by atoms with Gasteiger partial charge in [0.2, 0.25) is 5.91 Å². The zero-order valence-electron chi connectivity index (χ0n) is 14.0. The largest absolute Gasteiger partial charge is 0.349 e. The average molecular weight is 331 g/mol. The number of rotatable bonds is 4. The van der Waals surface area contributed by atoms with Crippen LogP contribution >= 0.6 is 0 Å². The number of imidazole rings is 1. The summed E-state index contributed by atoms with van der Waals surface area (Å²) in [6, 6.07) is 17.0. The maximum atomic E-state index is 12.6. The fourth-order valence-corrected chi connectivity index (χ4v) is 3.69. The lowest BCUT2D eigenvalue weighted by molar-refractivity contribution is -0.121. The predicted molar refractivity (Wildman–Crippen MR) is 97.2 cm³/mol. The summed E-state index contributed by atoms with van der Waals surface area (Å²) >= 11 is 0. The smallest absolute Gasteiger partial charge is 0.221 e. The average Bonchev–Trinajstić information content (AvgIpc) is 3.12. The lowest BCUT2D eigenvalue weighted by atomic mass is 9.85. The Morgan fingerprint density at radius 3 is 2.28 bits per heavy atom. The first-order chi connectivity index (χ1) is 12.3. The Morgan fingerprint density at radius 2 is 1.68 bits per heavy atom. The van der Waals surface area contributed by atoms with Crippen molar-refractivity contribution in [1.82, 2.24) is 15.3 Å². The fourth-order valence-electron chi connectivity index (χ4n) is 3.69. The number of aromatic amines is 1. The van der Waals surface area contributed by atoms with Crippen molar-refractivity contribution >= 4 is 5.91 Å². The molecule has 0 spiro atoms. The molecule has 25 heavy (non-hydrogen) atoms. The number of hydrogen-bond donors (Lipinski definition) is 2. The van der Waals surface area contributed by atoms with Gasteiger partial charge >= 0.3 is 0 Å².